The van der Waals surface area contributed by atoms with Crippen molar-refractivity contribution in [3.63, 3.8) is 0 Å². The predicted molar refractivity (Wildman–Crippen MR) is 127 cm³/mol. The van der Waals surface area contributed by atoms with E-state index in [1.54, 1.807) is 6.20 Å². The average molecular weight is 461 g/mol. The molecule has 34 heavy (non-hydrogen) atoms. The van der Waals surface area contributed by atoms with Crippen LogP contribution >= 0.6 is 0 Å². The zero-order valence-corrected chi connectivity index (χ0v) is 19.4. The van der Waals surface area contributed by atoms with Gasteiger partial charge in [-0.15, -0.1) is 0 Å². The van der Waals surface area contributed by atoms with Gasteiger partial charge in [0.15, 0.2) is 6.73 Å². The molecule has 5 heterocycles. The number of fused-ring (bicyclic) bond motifs is 3. The Morgan fingerprint density at radius 1 is 1.15 bits per heavy atom. The molecule has 0 unspecified atom stereocenters. The van der Waals surface area contributed by atoms with Crippen molar-refractivity contribution in [2.24, 2.45) is 0 Å². The molecule has 3 aliphatic rings. The summed E-state index contributed by atoms with van der Waals surface area (Å²) in [6.45, 7) is 7.53. The van der Waals surface area contributed by atoms with Gasteiger partial charge in [-0.05, 0) is 44.5 Å². The largest absolute Gasteiger partial charge is 0.473 e. The Morgan fingerprint density at radius 3 is 2.94 bits per heavy atom. The Kier molecular flexibility index (Phi) is 5.13. The highest BCUT2D eigenvalue weighted by Crippen LogP contribution is 2.36. The number of ether oxygens (including phenoxy) is 2. The molecule has 0 spiro atoms. The van der Waals surface area contributed by atoms with E-state index in [4.69, 9.17) is 14.5 Å². The SMILES string of the molecule is CC(C)N1CCc2nc(N3COc4ccc(Oc5ccnc6c5CCC(=O)N6)cc4C3)[nH]c2C1. The first-order valence-corrected chi connectivity index (χ1v) is 11.8. The first kappa shape index (κ1) is 21.0. The summed E-state index contributed by atoms with van der Waals surface area (Å²) in [5.74, 6) is 3.72. The summed E-state index contributed by atoms with van der Waals surface area (Å²) in [4.78, 5) is 29.0. The maximum absolute atomic E-state index is 11.7. The number of nitrogens with one attached hydrogen (secondary N) is 2. The topological polar surface area (TPSA) is 95.6 Å². The van der Waals surface area contributed by atoms with Crippen LogP contribution in [-0.2, 0) is 30.7 Å². The number of hydrogen-bond acceptors (Lipinski definition) is 7. The van der Waals surface area contributed by atoms with Gasteiger partial charge in [0.1, 0.15) is 23.1 Å². The molecule has 3 aliphatic heterocycles. The molecular formula is C25H28N6O3. The molecule has 0 saturated heterocycles. The average Bonchev–Trinajstić information content (AvgIpc) is 3.27. The van der Waals surface area contributed by atoms with Crippen LogP contribution in [0.2, 0.25) is 0 Å². The minimum absolute atomic E-state index is 0.0142. The number of amides is 1. The van der Waals surface area contributed by atoms with E-state index in [-0.39, 0.29) is 5.91 Å². The summed E-state index contributed by atoms with van der Waals surface area (Å²) in [5, 5.41) is 2.82. The van der Waals surface area contributed by atoms with Gasteiger partial charge in [0, 0.05) is 49.3 Å². The van der Waals surface area contributed by atoms with Crippen molar-refractivity contribution < 1.29 is 14.3 Å². The first-order valence-electron chi connectivity index (χ1n) is 11.8. The van der Waals surface area contributed by atoms with Crippen molar-refractivity contribution in [2.75, 3.05) is 23.5 Å². The number of hydrogen-bond donors (Lipinski definition) is 2. The van der Waals surface area contributed by atoms with Crippen LogP contribution in [0.25, 0.3) is 0 Å². The highest BCUT2D eigenvalue weighted by Gasteiger charge is 2.26. The number of benzene rings is 1. The number of aromatic amines is 1. The molecule has 9 heteroatoms. The van der Waals surface area contributed by atoms with Crippen LogP contribution in [0.1, 0.15) is 42.8 Å². The molecule has 9 nitrogen and oxygen atoms in total. The van der Waals surface area contributed by atoms with Gasteiger partial charge in [0.25, 0.3) is 0 Å². The Labute approximate surface area is 198 Å². The molecule has 0 fully saturated rings. The van der Waals surface area contributed by atoms with Crippen LogP contribution in [0.5, 0.6) is 17.2 Å². The van der Waals surface area contributed by atoms with Crippen LogP contribution in [0, 0.1) is 0 Å². The standard InChI is InChI=1S/C25H28N6O3/c1-15(2)30-10-8-19-20(13-30)28-25(27-19)31-12-16-11-17(3-5-21(16)33-14-31)34-22-7-9-26-24-18(22)4-6-23(32)29-24/h3,5,7,9,11,15H,4,6,8,10,12-14H2,1-2H3,(H,27,28)(H,26,29,32). The Balaban J connectivity index is 1.21. The minimum atomic E-state index is -0.0142. The maximum atomic E-state index is 11.7. The van der Waals surface area contributed by atoms with Crippen LogP contribution in [0.15, 0.2) is 30.5 Å². The molecule has 0 radical (unpaired) electrons. The molecule has 3 aromatic rings. The van der Waals surface area contributed by atoms with Gasteiger partial charge < -0.3 is 24.7 Å². The highest BCUT2D eigenvalue weighted by atomic mass is 16.5. The van der Waals surface area contributed by atoms with Crippen molar-refractivity contribution in [2.45, 2.75) is 52.2 Å². The smallest absolute Gasteiger partial charge is 0.225 e. The third-order valence-corrected chi connectivity index (χ3v) is 6.75. The molecule has 2 N–H and O–H groups in total. The van der Waals surface area contributed by atoms with E-state index >= 15 is 0 Å². The third-order valence-electron chi connectivity index (χ3n) is 6.75. The van der Waals surface area contributed by atoms with Crippen molar-refractivity contribution in [1.82, 2.24) is 19.9 Å². The fraction of sp³-hybridized carbons (Fsp3) is 0.400. The van der Waals surface area contributed by atoms with Crippen molar-refractivity contribution in [1.29, 1.82) is 0 Å². The Hall–Kier alpha value is -3.59. The molecule has 0 bridgehead atoms. The zero-order valence-electron chi connectivity index (χ0n) is 19.4. The normalized spacial score (nSPS) is 17.5. The second-order valence-electron chi connectivity index (χ2n) is 9.33. The summed E-state index contributed by atoms with van der Waals surface area (Å²) in [6.07, 6.45) is 3.67. The van der Waals surface area contributed by atoms with Gasteiger partial charge >= 0.3 is 0 Å². The number of pyridine rings is 1. The van der Waals surface area contributed by atoms with E-state index in [2.05, 4.69) is 38.9 Å². The third kappa shape index (κ3) is 3.86. The summed E-state index contributed by atoms with van der Waals surface area (Å²) < 4.78 is 12.3. The van der Waals surface area contributed by atoms with Gasteiger partial charge in [0.2, 0.25) is 11.9 Å². The summed E-state index contributed by atoms with van der Waals surface area (Å²) >= 11 is 0. The second-order valence-corrected chi connectivity index (χ2v) is 9.33. The van der Waals surface area contributed by atoms with E-state index in [1.165, 1.54) is 5.69 Å². The summed E-state index contributed by atoms with van der Waals surface area (Å²) in [5.41, 5.74) is 4.32. The molecule has 176 valence electrons. The van der Waals surface area contributed by atoms with Gasteiger partial charge in [-0.1, -0.05) is 0 Å². The second kappa shape index (κ2) is 8.32. The molecule has 0 atom stereocenters. The lowest BCUT2D eigenvalue weighted by Crippen LogP contribution is -2.35. The van der Waals surface area contributed by atoms with Crippen LogP contribution in [-0.4, -0.2) is 45.1 Å². The minimum Gasteiger partial charge on any atom is -0.473 e. The fourth-order valence-corrected chi connectivity index (χ4v) is 4.79. The summed E-state index contributed by atoms with van der Waals surface area (Å²) in [7, 11) is 0. The molecule has 1 amide bonds. The Morgan fingerprint density at radius 2 is 2.06 bits per heavy atom. The number of H-pyrrole nitrogens is 1. The number of carbonyl (C=O) groups is 1. The van der Waals surface area contributed by atoms with Crippen LogP contribution in [0.3, 0.4) is 0 Å². The number of imidazole rings is 1. The lowest BCUT2D eigenvalue weighted by molar-refractivity contribution is -0.116. The fourth-order valence-electron chi connectivity index (χ4n) is 4.79. The molecule has 0 aliphatic carbocycles. The molecule has 2 aromatic heterocycles. The van der Waals surface area contributed by atoms with E-state index < -0.39 is 0 Å². The maximum Gasteiger partial charge on any atom is 0.225 e. The Bertz CT molecular complexity index is 1250. The number of carbonyl (C=O) groups excluding carboxylic acids is 1. The quantitative estimate of drug-likeness (QED) is 0.614. The van der Waals surface area contributed by atoms with Gasteiger partial charge in [-0.25, -0.2) is 9.97 Å². The highest BCUT2D eigenvalue weighted by molar-refractivity contribution is 5.93. The van der Waals surface area contributed by atoms with E-state index in [0.29, 0.717) is 43.7 Å². The monoisotopic (exact) mass is 460 g/mol. The summed E-state index contributed by atoms with van der Waals surface area (Å²) in [6, 6.07) is 8.23. The van der Waals surface area contributed by atoms with Crippen LogP contribution < -0.4 is 19.7 Å². The predicted octanol–water partition coefficient (Wildman–Crippen LogP) is 3.60. The molecule has 6 rings (SSSR count). The van der Waals surface area contributed by atoms with E-state index in [9.17, 15) is 4.79 Å². The van der Waals surface area contributed by atoms with Crippen molar-refractivity contribution in [3.8, 4) is 17.2 Å². The number of aromatic nitrogens is 3. The number of rotatable bonds is 4. The van der Waals surface area contributed by atoms with E-state index in [0.717, 1.165) is 53.8 Å². The van der Waals surface area contributed by atoms with E-state index in [1.807, 2.05) is 24.3 Å². The van der Waals surface area contributed by atoms with Crippen LogP contribution in [0.4, 0.5) is 11.8 Å². The molecule has 1 aromatic carbocycles. The van der Waals surface area contributed by atoms with Crippen molar-refractivity contribution in [3.05, 3.63) is 53.0 Å². The first-order chi connectivity index (χ1) is 16.5. The molecule has 0 saturated carbocycles. The van der Waals surface area contributed by atoms with Gasteiger partial charge in [-0.2, -0.15) is 0 Å². The molecular weight excluding hydrogens is 432 g/mol. The van der Waals surface area contributed by atoms with Gasteiger partial charge in [0.05, 0.1) is 17.9 Å². The number of anilines is 2. The van der Waals surface area contributed by atoms with Crippen molar-refractivity contribution >= 4 is 17.7 Å². The van der Waals surface area contributed by atoms with Gasteiger partial charge in [-0.3, -0.25) is 9.69 Å². The lowest BCUT2D eigenvalue weighted by atomic mass is 10.1. The number of nitrogens with zero attached hydrogens (tertiary/aromatic N) is 4. The lowest BCUT2D eigenvalue weighted by Gasteiger charge is -2.29. The zero-order chi connectivity index (χ0) is 23.2.